The summed E-state index contributed by atoms with van der Waals surface area (Å²) in [6, 6.07) is 0. The third-order valence-corrected chi connectivity index (χ3v) is 9.58. The lowest BCUT2D eigenvalue weighted by Gasteiger charge is -2.15. The summed E-state index contributed by atoms with van der Waals surface area (Å²) in [5.41, 5.74) is 0. The Morgan fingerprint density at radius 1 is 0.439 bits per heavy atom. The Labute approximate surface area is 353 Å². The predicted octanol–water partition coefficient (Wildman–Crippen LogP) is 15.9. The highest BCUT2D eigenvalue weighted by molar-refractivity contribution is 5.69. The first kappa shape index (κ1) is 54.0. The molecule has 0 aromatic carbocycles. The van der Waals surface area contributed by atoms with Crippen molar-refractivity contribution in [1.82, 2.24) is 0 Å². The summed E-state index contributed by atoms with van der Waals surface area (Å²) in [5.74, 6) is -0.237. The molecular formula is C53H88O4. The van der Waals surface area contributed by atoms with E-state index in [1.165, 1.54) is 89.9 Å². The third-order valence-electron chi connectivity index (χ3n) is 9.58. The van der Waals surface area contributed by atoms with Crippen molar-refractivity contribution in [1.29, 1.82) is 0 Å². The third kappa shape index (κ3) is 47.3. The van der Waals surface area contributed by atoms with E-state index in [1.807, 2.05) is 0 Å². The van der Waals surface area contributed by atoms with Crippen LogP contribution >= 0.6 is 0 Å². The Bertz CT molecular complexity index is 1100. The number of carbonyl (C=O) groups is 1. The van der Waals surface area contributed by atoms with Gasteiger partial charge in [-0.3, -0.25) is 4.79 Å². The average molecular weight is 789 g/mol. The molecule has 0 rings (SSSR count). The van der Waals surface area contributed by atoms with Crippen molar-refractivity contribution in [2.24, 2.45) is 0 Å². The van der Waals surface area contributed by atoms with Gasteiger partial charge in [-0.15, -0.1) is 0 Å². The Kier molecular flexibility index (Phi) is 46.7. The van der Waals surface area contributed by atoms with Gasteiger partial charge in [-0.05, 0) is 103 Å². The SMILES string of the molecule is CC/C=C\C/C=C\C/C=C\C/C=C\C/C=C\C/C=C\C/C=C\CCCCCC(=O)OC(CO)COCCCCCCCCCCCC/C=C\C/C=C\CCCCC. The van der Waals surface area contributed by atoms with Crippen molar-refractivity contribution in [3.63, 3.8) is 0 Å². The molecule has 4 nitrogen and oxygen atoms in total. The fourth-order valence-electron chi connectivity index (χ4n) is 6.10. The van der Waals surface area contributed by atoms with Crippen LogP contribution in [-0.4, -0.2) is 37.0 Å². The van der Waals surface area contributed by atoms with Crippen molar-refractivity contribution < 1.29 is 19.4 Å². The Balaban J connectivity index is 3.57. The van der Waals surface area contributed by atoms with Gasteiger partial charge in [0, 0.05) is 13.0 Å². The van der Waals surface area contributed by atoms with Crippen molar-refractivity contribution in [2.75, 3.05) is 19.8 Å². The van der Waals surface area contributed by atoms with Gasteiger partial charge in [0.15, 0.2) is 0 Å². The normalized spacial score (nSPS) is 13.4. The number of hydrogen-bond acceptors (Lipinski definition) is 4. The molecular weight excluding hydrogens is 701 g/mol. The maximum Gasteiger partial charge on any atom is 0.306 e. The lowest BCUT2D eigenvalue weighted by Crippen LogP contribution is -2.27. The highest BCUT2D eigenvalue weighted by Gasteiger charge is 2.13. The zero-order valence-corrected chi connectivity index (χ0v) is 37.1. The Morgan fingerprint density at radius 2 is 0.789 bits per heavy atom. The summed E-state index contributed by atoms with van der Waals surface area (Å²) in [5, 5.41) is 9.63. The minimum Gasteiger partial charge on any atom is -0.457 e. The van der Waals surface area contributed by atoms with E-state index in [4.69, 9.17) is 9.47 Å². The average Bonchev–Trinajstić information content (AvgIpc) is 3.22. The van der Waals surface area contributed by atoms with E-state index >= 15 is 0 Å². The summed E-state index contributed by atoms with van der Waals surface area (Å²) in [7, 11) is 0. The summed E-state index contributed by atoms with van der Waals surface area (Å²) in [6.07, 6.45) is 71.6. The number of allylic oxidation sites excluding steroid dienone is 18. The van der Waals surface area contributed by atoms with Gasteiger partial charge >= 0.3 is 5.97 Å². The zero-order chi connectivity index (χ0) is 41.2. The van der Waals surface area contributed by atoms with Crippen LogP contribution < -0.4 is 0 Å². The number of aliphatic hydroxyl groups is 1. The fourth-order valence-corrected chi connectivity index (χ4v) is 6.10. The first-order chi connectivity index (χ1) is 28.2. The first-order valence-corrected chi connectivity index (χ1v) is 23.5. The molecule has 1 atom stereocenters. The van der Waals surface area contributed by atoms with Crippen LogP contribution in [0.2, 0.25) is 0 Å². The van der Waals surface area contributed by atoms with Crippen LogP contribution in [0.15, 0.2) is 109 Å². The van der Waals surface area contributed by atoms with E-state index in [2.05, 4.69) is 123 Å². The quantitative estimate of drug-likeness (QED) is 0.0380. The van der Waals surface area contributed by atoms with Crippen molar-refractivity contribution >= 4 is 5.97 Å². The summed E-state index contributed by atoms with van der Waals surface area (Å²) in [4.78, 5) is 12.2. The van der Waals surface area contributed by atoms with Gasteiger partial charge in [0.05, 0.1) is 13.2 Å². The molecule has 0 aliphatic heterocycles. The highest BCUT2D eigenvalue weighted by atomic mass is 16.6. The maximum atomic E-state index is 12.2. The van der Waals surface area contributed by atoms with Crippen LogP contribution in [-0.2, 0) is 14.3 Å². The molecule has 0 aromatic heterocycles. The largest absolute Gasteiger partial charge is 0.457 e. The molecule has 1 unspecified atom stereocenters. The zero-order valence-electron chi connectivity index (χ0n) is 37.1. The summed E-state index contributed by atoms with van der Waals surface area (Å²) in [6.45, 7) is 5.15. The minimum atomic E-state index is -0.562. The predicted molar refractivity (Wildman–Crippen MR) is 251 cm³/mol. The smallest absolute Gasteiger partial charge is 0.306 e. The van der Waals surface area contributed by atoms with E-state index in [0.29, 0.717) is 13.0 Å². The molecule has 0 saturated carbocycles. The summed E-state index contributed by atoms with van der Waals surface area (Å²) >= 11 is 0. The summed E-state index contributed by atoms with van der Waals surface area (Å²) < 4.78 is 11.2. The van der Waals surface area contributed by atoms with Crippen LogP contribution in [0.25, 0.3) is 0 Å². The number of aliphatic hydroxyl groups excluding tert-OH is 1. The molecule has 0 heterocycles. The lowest BCUT2D eigenvalue weighted by molar-refractivity contribution is -0.154. The van der Waals surface area contributed by atoms with Gasteiger partial charge in [0.25, 0.3) is 0 Å². The second-order valence-corrected chi connectivity index (χ2v) is 15.1. The number of hydrogen-bond donors (Lipinski definition) is 1. The van der Waals surface area contributed by atoms with Gasteiger partial charge in [0.1, 0.15) is 6.10 Å². The van der Waals surface area contributed by atoms with Gasteiger partial charge in [0.2, 0.25) is 0 Å². The molecule has 0 saturated heterocycles. The first-order valence-electron chi connectivity index (χ1n) is 23.5. The molecule has 57 heavy (non-hydrogen) atoms. The van der Waals surface area contributed by atoms with Crippen LogP contribution in [0, 0.1) is 0 Å². The highest BCUT2D eigenvalue weighted by Crippen LogP contribution is 2.12. The molecule has 4 heteroatoms. The van der Waals surface area contributed by atoms with Gasteiger partial charge in [-0.25, -0.2) is 0 Å². The van der Waals surface area contributed by atoms with Crippen molar-refractivity contribution in [3.8, 4) is 0 Å². The fraction of sp³-hybridized carbons (Fsp3) is 0.642. The van der Waals surface area contributed by atoms with E-state index in [0.717, 1.165) is 83.5 Å². The van der Waals surface area contributed by atoms with Gasteiger partial charge < -0.3 is 14.6 Å². The molecule has 0 bridgehead atoms. The minimum absolute atomic E-state index is 0.194. The van der Waals surface area contributed by atoms with Crippen LogP contribution in [0.1, 0.15) is 194 Å². The molecule has 0 radical (unpaired) electrons. The van der Waals surface area contributed by atoms with E-state index in [1.54, 1.807) is 0 Å². The van der Waals surface area contributed by atoms with E-state index in [9.17, 15) is 9.90 Å². The number of carbonyl (C=O) groups excluding carboxylic acids is 1. The molecule has 0 aromatic rings. The standard InChI is InChI=1S/C53H88O4/c1-3-5-7-9-11-13-15-17-19-21-23-25-26-27-28-29-30-32-34-36-38-40-42-44-46-48-53(55)57-52(50-54)51-56-49-47-45-43-41-39-37-35-33-31-24-22-20-18-16-14-12-10-8-6-4-2/h5,7,11-14,17-20,23,25,27-28,30,32,36,38,52,54H,3-4,6,8-10,15-16,21-22,24,26,29,31,33-35,37,39-51H2,1-2H3/b7-5-,13-11-,14-12-,19-17-,20-18-,25-23-,28-27-,32-30-,38-36-. The maximum absolute atomic E-state index is 12.2. The van der Waals surface area contributed by atoms with Gasteiger partial charge in [-0.1, -0.05) is 194 Å². The topological polar surface area (TPSA) is 55.8 Å². The second-order valence-electron chi connectivity index (χ2n) is 15.1. The molecule has 0 amide bonds. The Hall–Kier alpha value is -2.95. The van der Waals surface area contributed by atoms with E-state index < -0.39 is 6.10 Å². The monoisotopic (exact) mass is 789 g/mol. The van der Waals surface area contributed by atoms with Crippen LogP contribution in [0.4, 0.5) is 0 Å². The molecule has 0 aliphatic carbocycles. The second kappa shape index (κ2) is 49.2. The molecule has 324 valence electrons. The number of unbranched alkanes of at least 4 members (excludes halogenated alkanes) is 16. The number of ether oxygens (including phenoxy) is 2. The lowest BCUT2D eigenvalue weighted by atomic mass is 10.1. The number of esters is 1. The van der Waals surface area contributed by atoms with Crippen molar-refractivity contribution in [3.05, 3.63) is 109 Å². The molecule has 1 N–H and O–H groups in total. The molecule has 0 spiro atoms. The van der Waals surface area contributed by atoms with E-state index in [-0.39, 0.29) is 19.2 Å². The van der Waals surface area contributed by atoms with Crippen LogP contribution in [0.5, 0.6) is 0 Å². The van der Waals surface area contributed by atoms with Gasteiger partial charge in [-0.2, -0.15) is 0 Å². The molecule has 0 aliphatic rings. The molecule has 0 fully saturated rings. The van der Waals surface area contributed by atoms with Crippen LogP contribution in [0.3, 0.4) is 0 Å². The van der Waals surface area contributed by atoms with Crippen molar-refractivity contribution in [2.45, 2.75) is 200 Å². The number of rotatable bonds is 42. The Morgan fingerprint density at radius 3 is 1.19 bits per heavy atom.